The van der Waals surface area contributed by atoms with Crippen molar-refractivity contribution >= 4 is 9.84 Å². The van der Waals surface area contributed by atoms with Gasteiger partial charge in [0.2, 0.25) is 0 Å². The molecule has 1 rings (SSSR count). The molecule has 1 atom stereocenters. The lowest BCUT2D eigenvalue weighted by Crippen LogP contribution is -2.08. The van der Waals surface area contributed by atoms with Crippen molar-refractivity contribution in [3.05, 3.63) is 35.9 Å². The summed E-state index contributed by atoms with van der Waals surface area (Å²) in [4.78, 5) is 0. The Morgan fingerprint density at radius 3 is 2.23 bits per heavy atom. The average Bonchev–Trinajstić information content (AvgIpc) is 2.05. The van der Waals surface area contributed by atoms with Crippen LogP contribution in [0.4, 0.5) is 0 Å². The highest BCUT2D eigenvalue weighted by atomic mass is 32.2. The number of rotatable bonds is 2. The molecule has 4 heteroatoms. The normalized spacial score (nSPS) is 13.2. The van der Waals surface area contributed by atoms with E-state index in [0.29, 0.717) is 5.56 Å². The molecule has 0 radical (unpaired) electrons. The summed E-state index contributed by atoms with van der Waals surface area (Å²) in [6.07, 6.45) is 1.06. The highest BCUT2D eigenvalue weighted by Crippen LogP contribution is 2.19. The molecule has 0 N–H and O–H groups in total. The molecule has 0 fully saturated rings. The fourth-order valence-corrected chi connectivity index (χ4v) is 1.89. The van der Waals surface area contributed by atoms with Gasteiger partial charge in [0.25, 0.3) is 0 Å². The van der Waals surface area contributed by atoms with Crippen LogP contribution in [-0.2, 0) is 9.84 Å². The van der Waals surface area contributed by atoms with Crippen molar-refractivity contribution in [2.24, 2.45) is 0 Å². The van der Waals surface area contributed by atoms with Crippen molar-refractivity contribution in [1.29, 1.82) is 5.26 Å². The van der Waals surface area contributed by atoms with Gasteiger partial charge < -0.3 is 0 Å². The molecule has 13 heavy (non-hydrogen) atoms. The van der Waals surface area contributed by atoms with E-state index in [0.717, 1.165) is 6.26 Å². The Kier molecular flexibility index (Phi) is 2.69. The molecule has 0 heterocycles. The van der Waals surface area contributed by atoms with E-state index in [4.69, 9.17) is 5.26 Å². The minimum absolute atomic E-state index is 0.521. The summed E-state index contributed by atoms with van der Waals surface area (Å²) in [5.41, 5.74) is 0.521. The Labute approximate surface area is 77.5 Å². The van der Waals surface area contributed by atoms with E-state index >= 15 is 0 Å². The van der Waals surface area contributed by atoms with Crippen LogP contribution in [0.2, 0.25) is 0 Å². The third-order valence-electron chi connectivity index (χ3n) is 1.65. The molecule has 1 aromatic carbocycles. The first-order valence-corrected chi connectivity index (χ1v) is 5.64. The molecular weight excluding hydrogens is 186 g/mol. The number of nitriles is 1. The summed E-state index contributed by atoms with van der Waals surface area (Å²) in [5.74, 6) is 0. The summed E-state index contributed by atoms with van der Waals surface area (Å²) in [7, 11) is -3.33. The van der Waals surface area contributed by atoms with Gasteiger partial charge in [-0.3, -0.25) is 0 Å². The number of benzene rings is 1. The van der Waals surface area contributed by atoms with Gasteiger partial charge in [0, 0.05) is 6.26 Å². The molecule has 0 aliphatic rings. The predicted molar refractivity (Wildman–Crippen MR) is 49.6 cm³/mol. The molecule has 0 saturated heterocycles. The van der Waals surface area contributed by atoms with Crippen LogP contribution in [0, 0.1) is 11.3 Å². The molecule has 0 aliphatic heterocycles. The Hall–Kier alpha value is -1.34. The fraction of sp³-hybridized carbons (Fsp3) is 0.222. The van der Waals surface area contributed by atoms with Gasteiger partial charge in [-0.1, -0.05) is 30.3 Å². The fourth-order valence-electron chi connectivity index (χ4n) is 1.05. The number of nitrogens with zero attached hydrogens (tertiary/aromatic N) is 1. The van der Waals surface area contributed by atoms with E-state index < -0.39 is 15.1 Å². The summed E-state index contributed by atoms with van der Waals surface area (Å²) >= 11 is 0. The van der Waals surface area contributed by atoms with Crippen LogP contribution in [0.1, 0.15) is 10.8 Å². The zero-order valence-corrected chi connectivity index (χ0v) is 7.95. The SMILES string of the molecule is CS(=O)(=O)C(C#N)c1ccccc1. The van der Waals surface area contributed by atoms with E-state index in [-0.39, 0.29) is 0 Å². The van der Waals surface area contributed by atoms with E-state index in [2.05, 4.69) is 0 Å². The van der Waals surface area contributed by atoms with Crippen molar-refractivity contribution in [2.75, 3.05) is 6.26 Å². The minimum Gasteiger partial charge on any atom is -0.227 e. The van der Waals surface area contributed by atoms with Gasteiger partial charge in [-0.05, 0) is 5.56 Å². The van der Waals surface area contributed by atoms with Crippen LogP contribution in [-0.4, -0.2) is 14.7 Å². The highest BCUT2D eigenvalue weighted by molar-refractivity contribution is 7.91. The molecule has 0 spiro atoms. The molecule has 0 amide bonds. The maximum Gasteiger partial charge on any atom is 0.172 e. The minimum atomic E-state index is -3.33. The van der Waals surface area contributed by atoms with Crippen LogP contribution in [0.3, 0.4) is 0 Å². The average molecular weight is 195 g/mol. The summed E-state index contributed by atoms with van der Waals surface area (Å²) in [5, 5.41) is 7.64. The lowest BCUT2D eigenvalue weighted by Gasteiger charge is -2.05. The molecule has 0 aliphatic carbocycles. The van der Waals surface area contributed by atoms with Crippen LogP contribution >= 0.6 is 0 Å². The molecule has 1 unspecified atom stereocenters. The Bertz CT molecular complexity index is 417. The third-order valence-corrected chi connectivity index (χ3v) is 2.88. The molecule has 1 aromatic rings. The molecule has 0 aromatic heterocycles. The first-order chi connectivity index (χ1) is 6.05. The Morgan fingerprint density at radius 2 is 1.85 bits per heavy atom. The van der Waals surface area contributed by atoms with Gasteiger partial charge in [-0.15, -0.1) is 0 Å². The maximum atomic E-state index is 11.1. The standard InChI is InChI=1S/C9H9NO2S/c1-13(11,12)9(7-10)8-5-3-2-4-6-8/h2-6,9H,1H3. The first kappa shape index (κ1) is 9.75. The lowest BCUT2D eigenvalue weighted by atomic mass is 10.2. The van der Waals surface area contributed by atoms with Crippen molar-refractivity contribution in [2.45, 2.75) is 5.25 Å². The zero-order valence-electron chi connectivity index (χ0n) is 7.14. The largest absolute Gasteiger partial charge is 0.227 e. The van der Waals surface area contributed by atoms with Crippen molar-refractivity contribution < 1.29 is 8.42 Å². The highest BCUT2D eigenvalue weighted by Gasteiger charge is 2.21. The molecular formula is C9H9NO2S. The third kappa shape index (κ3) is 2.30. The quantitative estimate of drug-likeness (QED) is 0.714. The number of hydrogen-bond donors (Lipinski definition) is 0. The van der Waals surface area contributed by atoms with E-state index in [9.17, 15) is 8.42 Å². The topological polar surface area (TPSA) is 57.9 Å². The monoisotopic (exact) mass is 195 g/mol. The van der Waals surface area contributed by atoms with Crippen molar-refractivity contribution in [1.82, 2.24) is 0 Å². The molecule has 3 nitrogen and oxygen atoms in total. The van der Waals surface area contributed by atoms with E-state index in [1.54, 1.807) is 36.4 Å². The van der Waals surface area contributed by atoms with E-state index in [1.807, 2.05) is 0 Å². The molecule has 0 saturated carbocycles. The Balaban J connectivity index is 3.16. The van der Waals surface area contributed by atoms with Gasteiger partial charge in [0.05, 0.1) is 6.07 Å². The predicted octanol–water partition coefficient (Wildman–Crippen LogP) is 1.30. The first-order valence-electron chi connectivity index (χ1n) is 3.69. The van der Waals surface area contributed by atoms with Gasteiger partial charge in [0.15, 0.2) is 15.1 Å². The van der Waals surface area contributed by atoms with Gasteiger partial charge in [-0.2, -0.15) is 5.26 Å². The Morgan fingerprint density at radius 1 is 1.31 bits per heavy atom. The van der Waals surface area contributed by atoms with Crippen LogP contribution in [0.25, 0.3) is 0 Å². The smallest absolute Gasteiger partial charge is 0.172 e. The van der Waals surface area contributed by atoms with Gasteiger partial charge >= 0.3 is 0 Å². The second-order valence-electron chi connectivity index (χ2n) is 2.75. The summed E-state index contributed by atoms with van der Waals surface area (Å²) in [6.45, 7) is 0. The van der Waals surface area contributed by atoms with Gasteiger partial charge in [0.1, 0.15) is 0 Å². The summed E-state index contributed by atoms with van der Waals surface area (Å²) in [6, 6.07) is 10.2. The zero-order chi connectivity index (χ0) is 9.90. The second kappa shape index (κ2) is 3.58. The lowest BCUT2D eigenvalue weighted by molar-refractivity contribution is 0.597. The molecule has 0 bridgehead atoms. The van der Waals surface area contributed by atoms with Crippen molar-refractivity contribution in [3.63, 3.8) is 0 Å². The van der Waals surface area contributed by atoms with E-state index in [1.165, 1.54) is 0 Å². The van der Waals surface area contributed by atoms with Crippen LogP contribution in [0.15, 0.2) is 30.3 Å². The van der Waals surface area contributed by atoms with Crippen LogP contribution in [0.5, 0.6) is 0 Å². The number of hydrogen-bond acceptors (Lipinski definition) is 3. The maximum absolute atomic E-state index is 11.1. The summed E-state index contributed by atoms with van der Waals surface area (Å²) < 4.78 is 22.3. The second-order valence-corrected chi connectivity index (χ2v) is 4.88. The van der Waals surface area contributed by atoms with Crippen LogP contribution < -0.4 is 0 Å². The van der Waals surface area contributed by atoms with Crippen molar-refractivity contribution in [3.8, 4) is 6.07 Å². The number of sulfone groups is 1. The molecule has 68 valence electrons. The van der Waals surface area contributed by atoms with Gasteiger partial charge in [-0.25, -0.2) is 8.42 Å².